The number of halogens is 2. The minimum atomic E-state index is -0.305. The topological polar surface area (TPSA) is 33.2 Å². The molecule has 0 bridgehead atoms. The van der Waals surface area contributed by atoms with Gasteiger partial charge in [-0.3, -0.25) is 9.69 Å². The third-order valence-electron chi connectivity index (χ3n) is 2.65. The van der Waals surface area contributed by atoms with Crippen LogP contribution in [0, 0.1) is 5.82 Å². The molecule has 88 valence electrons. The highest BCUT2D eigenvalue weighted by atomic mass is 79.9. The van der Waals surface area contributed by atoms with Gasteiger partial charge in [0.2, 0.25) is 5.91 Å². The van der Waals surface area contributed by atoms with E-state index in [9.17, 15) is 9.18 Å². The molecule has 0 aliphatic carbocycles. The first kappa shape index (κ1) is 11.1. The molecule has 3 nitrogen and oxygen atoms in total. The molecule has 2 aromatic rings. The first-order valence-corrected chi connectivity index (χ1v) is 6.87. The Kier molecular flexibility index (Phi) is 2.63. The number of nitrogens with zero attached hydrogens (tertiary/aromatic N) is 2. The molecule has 1 aromatic carbocycles. The third-order valence-corrected chi connectivity index (χ3v) is 4.32. The highest BCUT2D eigenvalue weighted by Crippen LogP contribution is 2.32. The molecule has 0 spiro atoms. The number of alkyl halides is 1. The summed E-state index contributed by atoms with van der Waals surface area (Å²) < 4.78 is 13.9. The highest BCUT2D eigenvalue weighted by molar-refractivity contribution is 9.09. The maximum Gasteiger partial charge on any atom is 0.230 e. The van der Waals surface area contributed by atoms with Crippen LogP contribution >= 0.6 is 27.3 Å². The molecule has 0 radical (unpaired) electrons. The van der Waals surface area contributed by atoms with Gasteiger partial charge in [-0.1, -0.05) is 27.3 Å². The van der Waals surface area contributed by atoms with Crippen molar-refractivity contribution >= 4 is 48.5 Å². The van der Waals surface area contributed by atoms with Crippen LogP contribution in [-0.2, 0) is 4.79 Å². The number of fused-ring (bicyclic) bond motifs is 1. The van der Waals surface area contributed by atoms with Crippen LogP contribution in [0.5, 0.6) is 0 Å². The van der Waals surface area contributed by atoms with E-state index in [2.05, 4.69) is 20.9 Å². The number of hydrogen-bond donors (Lipinski definition) is 0. The van der Waals surface area contributed by atoms with E-state index in [1.54, 1.807) is 11.0 Å². The summed E-state index contributed by atoms with van der Waals surface area (Å²) in [5.74, 6) is -0.244. The van der Waals surface area contributed by atoms with E-state index < -0.39 is 0 Å². The maximum atomic E-state index is 13.0. The Labute approximate surface area is 109 Å². The van der Waals surface area contributed by atoms with Gasteiger partial charge >= 0.3 is 0 Å². The highest BCUT2D eigenvalue weighted by Gasteiger charge is 2.30. The Morgan fingerprint density at radius 3 is 3.06 bits per heavy atom. The van der Waals surface area contributed by atoms with Crippen LogP contribution in [0.15, 0.2) is 18.2 Å². The summed E-state index contributed by atoms with van der Waals surface area (Å²) >= 11 is 4.84. The van der Waals surface area contributed by atoms with Gasteiger partial charge in [-0.15, -0.1) is 0 Å². The lowest BCUT2D eigenvalue weighted by atomic mass is 10.3. The standard InChI is InChI=1S/C11H8BrFN2OS/c12-6-3-10(16)15(5-6)11-14-8-4-7(13)1-2-9(8)17-11/h1-2,4,6H,3,5H2. The van der Waals surface area contributed by atoms with Gasteiger partial charge in [0.1, 0.15) is 5.82 Å². The Balaban J connectivity index is 2.03. The molecular formula is C11H8BrFN2OS. The molecule has 17 heavy (non-hydrogen) atoms. The van der Waals surface area contributed by atoms with E-state index in [1.165, 1.54) is 23.5 Å². The fourth-order valence-electron chi connectivity index (χ4n) is 1.85. The van der Waals surface area contributed by atoms with Gasteiger partial charge in [0.15, 0.2) is 5.13 Å². The molecule has 1 amide bonds. The molecule has 1 saturated heterocycles. The van der Waals surface area contributed by atoms with Gasteiger partial charge in [0.05, 0.1) is 10.2 Å². The zero-order chi connectivity index (χ0) is 12.0. The fraction of sp³-hybridized carbons (Fsp3) is 0.273. The summed E-state index contributed by atoms with van der Waals surface area (Å²) in [7, 11) is 0. The number of carbonyl (C=O) groups excluding carboxylic acids is 1. The molecule has 1 aromatic heterocycles. The number of hydrogen-bond acceptors (Lipinski definition) is 3. The van der Waals surface area contributed by atoms with E-state index in [0.29, 0.717) is 23.6 Å². The van der Waals surface area contributed by atoms with Crippen molar-refractivity contribution in [3.8, 4) is 0 Å². The Morgan fingerprint density at radius 2 is 2.35 bits per heavy atom. The van der Waals surface area contributed by atoms with E-state index in [-0.39, 0.29) is 16.6 Å². The van der Waals surface area contributed by atoms with E-state index >= 15 is 0 Å². The quantitative estimate of drug-likeness (QED) is 0.758. The molecule has 2 heterocycles. The first-order chi connectivity index (χ1) is 8.13. The van der Waals surface area contributed by atoms with Gasteiger partial charge in [0.25, 0.3) is 0 Å². The van der Waals surface area contributed by atoms with Crippen LogP contribution in [0.1, 0.15) is 6.42 Å². The van der Waals surface area contributed by atoms with Crippen molar-refractivity contribution in [3.63, 3.8) is 0 Å². The maximum absolute atomic E-state index is 13.0. The van der Waals surface area contributed by atoms with Gasteiger partial charge in [0, 0.05) is 23.9 Å². The number of amides is 1. The zero-order valence-corrected chi connectivity index (χ0v) is 11.1. The van der Waals surface area contributed by atoms with E-state index in [0.717, 1.165) is 4.70 Å². The van der Waals surface area contributed by atoms with Crippen molar-refractivity contribution in [2.24, 2.45) is 0 Å². The second-order valence-corrected chi connectivity index (χ2v) is 6.22. The van der Waals surface area contributed by atoms with Crippen LogP contribution in [0.3, 0.4) is 0 Å². The summed E-state index contributed by atoms with van der Waals surface area (Å²) in [4.78, 5) is 17.9. The molecule has 1 aliphatic rings. The Hall–Kier alpha value is -1.01. The predicted molar refractivity (Wildman–Crippen MR) is 69.3 cm³/mol. The molecule has 1 unspecified atom stereocenters. The second kappa shape index (κ2) is 4.03. The van der Waals surface area contributed by atoms with E-state index in [4.69, 9.17) is 0 Å². The number of carbonyl (C=O) groups is 1. The van der Waals surface area contributed by atoms with Gasteiger partial charge in [-0.2, -0.15) is 0 Å². The van der Waals surface area contributed by atoms with Crippen LogP contribution in [0.25, 0.3) is 10.2 Å². The largest absolute Gasteiger partial charge is 0.287 e. The number of benzene rings is 1. The monoisotopic (exact) mass is 314 g/mol. The lowest BCUT2D eigenvalue weighted by Gasteiger charge is -2.10. The molecular weight excluding hydrogens is 307 g/mol. The van der Waals surface area contributed by atoms with Gasteiger partial charge in [-0.25, -0.2) is 9.37 Å². The molecule has 0 N–H and O–H groups in total. The van der Waals surface area contributed by atoms with Gasteiger partial charge in [-0.05, 0) is 12.1 Å². The summed E-state index contributed by atoms with van der Waals surface area (Å²) in [6.45, 7) is 0.626. The average molecular weight is 315 g/mol. The summed E-state index contributed by atoms with van der Waals surface area (Å²) in [5.41, 5.74) is 0.607. The van der Waals surface area contributed by atoms with Crippen LogP contribution in [0.4, 0.5) is 9.52 Å². The molecule has 1 fully saturated rings. The Morgan fingerprint density at radius 1 is 1.53 bits per heavy atom. The normalized spacial score (nSPS) is 20.5. The van der Waals surface area contributed by atoms with Crippen LogP contribution in [-0.4, -0.2) is 22.3 Å². The first-order valence-electron chi connectivity index (χ1n) is 5.14. The fourth-order valence-corrected chi connectivity index (χ4v) is 3.39. The molecule has 1 aliphatic heterocycles. The van der Waals surface area contributed by atoms with E-state index in [1.807, 2.05) is 0 Å². The molecule has 6 heteroatoms. The smallest absolute Gasteiger partial charge is 0.230 e. The van der Waals surface area contributed by atoms with Crippen molar-refractivity contribution in [2.75, 3.05) is 11.4 Å². The van der Waals surface area contributed by atoms with Crippen LogP contribution in [0.2, 0.25) is 0 Å². The summed E-state index contributed by atoms with van der Waals surface area (Å²) in [5, 5.41) is 0.651. The second-order valence-electron chi connectivity index (χ2n) is 3.91. The summed E-state index contributed by atoms with van der Waals surface area (Å²) in [6, 6.07) is 4.49. The lowest BCUT2D eigenvalue weighted by molar-refractivity contribution is -0.117. The molecule has 1 atom stereocenters. The SMILES string of the molecule is O=C1CC(Br)CN1c1nc2cc(F)ccc2s1. The van der Waals surface area contributed by atoms with Crippen molar-refractivity contribution in [1.82, 2.24) is 4.98 Å². The van der Waals surface area contributed by atoms with Crippen molar-refractivity contribution in [1.29, 1.82) is 0 Å². The van der Waals surface area contributed by atoms with Crippen molar-refractivity contribution < 1.29 is 9.18 Å². The zero-order valence-electron chi connectivity index (χ0n) is 8.69. The number of thiazole rings is 1. The number of anilines is 1. The predicted octanol–water partition coefficient (Wildman–Crippen LogP) is 2.94. The van der Waals surface area contributed by atoms with Crippen LogP contribution < -0.4 is 4.90 Å². The van der Waals surface area contributed by atoms with Crippen molar-refractivity contribution in [2.45, 2.75) is 11.2 Å². The minimum Gasteiger partial charge on any atom is -0.287 e. The molecule has 3 rings (SSSR count). The summed E-state index contributed by atoms with van der Waals surface area (Å²) in [6.07, 6.45) is 0.490. The Bertz CT molecular complexity index is 600. The third kappa shape index (κ3) is 1.95. The average Bonchev–Trinajstić information content (AvgIpc) is 2.80. The molecule has 0 saturated carbocycles. The number of aromatic nitrogens is 1. The van der Waals surface area contributed by atoms with Gasteiger partial charge < -0.3 is 0 Å². The van der Waals surface area contributed by atoms with Crippen molar-refractivity contribution in [3.05, 3.63) is 24.0 Å². The lowest BCUT2D eigenvalue weighted by Crippen LogP contribution is -2.24. The number of rotatable bonds is 1. The minimum absolute atomic E-state index is 0.0615.